The summed E-state index contributed by atoms with van der Waals surface area (Å²) in [5, 5.41) is 4.15. The average Bonchev–Trinajstić information content (AvgIpc) is 2.98. The number of rotatable bonds is 4. The molecule has 6 nitrogen and oxygen atoms in total. The summed E-state index contributed by atoms with van der Waals surface area (Å²) in [7, 11) is -2.26. The molecule has 0 atom stereocenters. The Bertz CT molecular complexity index is 934. The zero-order valence-electron chi connectivity index (χ0n) is 12.4. The van der Waals surface area contributed by atoms with Crippen LogP contribution in [0.1, 0.15) is 0 Å². The molecule has 3 aromatic rings. The Labute approximate surface area is 134 Å². The van der Waals surface area contributed by atoms with Crippen molar-refractivity contribution in [3.63, 3.8) is 0 Å². The van der Waals surface area contributed by atoms with Gasteiger partial charge in [0, 0.05) is 11.6 Å². The first-order valence-corrected chi connectivity index (χ1v) is 8.27. The maximum absolute atomic E-state index is 12.6. The van der Waals surface area contributed by atoms with Crippen LogP contribution >= 0.6 is 0 Å². The molecule has 2 N–H and O–H groups in total. The Balaban J connectivity index is 2.08. The van der Waals surface area contributed by atoms with Crippen LogP contribution in [-0.2, 0) is 10.0 Å². The van der Waals surface area contributed by atoms with Crippen LogP contribution in [0.2, 0.25) is 0 Å². The smallest absolute Gasteiger partial charge is 0.284 e. The molecular weight excluding hydrogens is 314 g/mol. The number of nitrogens with zero attached hydrogens (tertiary/aromatic N) is 2. The van der Waals surface area contributed by atoms with Gasteiger partial charge in [-0.05, 0) is 24.3 Å². The van der Waals surface area contributed by atoms with Gasteiger partial charge in [-0.1, -0.05) is 30.3 Å². The SMILES string of the molecule is COc1cccc(-c2cc(N)n(S(=O)(=O)c3ccccc3)n2)c1. The van der Waals surface area contributed by atoms with Crippen LogP contribution in [0, 0.1) is 0 Å². The lowest BCUT2D eigenvalue weighted by molar-refractivity contribution is 0.415. The minimum absolute atomic E-state index is 0.0478. The van der Waals surface area contributed by atoms with Crippen molar-refractivity contribution in [2.24, 2.45) is 0 Å². The van der Waals surface area contributed by atoms with E-state index in [9.17, 15) is 8.42 Å². The molecule has 0 saturated heterocycles. The third-order valence-electron chi connectivity index (χ3n) is 3.34. The molecule has 0 spiro atoms. The molecule has 1 aromatic heterocycles. The molecule has 1 heterocycles. The van der Waals surface area contributed by atoms with Crippen molar-refractivity contribution >= 4 is 15.8 Å². The zero-order chi connectivity index (χ0) is 16.4. The number of hydrogen-bond donors (Lipinski definition) is 1. The Morgan fingerprint density at radius 1 is 1.04 bits per heavy atom. The number of nitrogen functional groups attached to an aromatic ring is 1. The van der Waals surface area contributed by atoms with Gasteiger partial charge in [-0.3, -0.25) is 0 Å². The van der Waals surface area contributed by atoms with Gasteiger partial charge < -0.3 is 10.5 Å². The summed E-state index contributed by atoms with van der Waals surface area (Å²) in [4.78, 5) is 0.131. The third kappa shape index (κ3) is 2.78. The van der Waals surface area contributed by atoms with Crippen LogP contribution < -0.4 is 10.5 Å². The van der Waals surface area contributed by atoms with E-state index in [1.807, 2.05) is 6.07 Å². The maximum Gasteiger partial charge on any atom is 0.284 e. The van der Waals surface area contributed by atoms with E-state index in [0.29, 0.717) is 11.4 Å². The van der Waals surface area contributed by atoms with Crippen LogP contribution in [0.25, 0.3) is 11.3 Å². The monoisotopic (exact) mass is 329 g/mol. The number of methoxy groups -OCH3 is 1. The maximum atomic E-state index is 12.6. The van der Waals surface area contributed by atoms with Crippen molar-refractivity contribution in [1.29, 1.82) is 0 Å². The van der Waals surface area contributed by atoms with Crippen molar-refractivity contribution in [1.82, 2.24) is 9.19 Å². The Kier molecular flexibility index (Phi) is 3.79. The summed E-state index contributed by atoms with van der Waals surface area (Å²) >= 11 is 0. The summed E-state index contributed by atoms with van der Waals surface area (Å²) in [5.74, 6) is 0.702. The van der Waals surface area contributed by atoms with E-state index in [1.165, 1.54) is 18.2 Å². The quantitative estimate of drug-likeness (QED) is 0.794. The second-order valence-corrected chi connectivity index (χ2v) is 6.61. The summed E-state index contributed by atoms with van der Waals surface area (Å²) in [6.07, 6.45) is 0. The molecule has 0 aliphatic rings. The summed E-state index contributed by atoms with van der Waals surface area (Å²) in [6, 6.07) is 16.7. The first-order valence-electron chi connectivity index (χ1n) is 6.83. The molecule has 7 heteroatoms. The predicted molar refractivity (Wildman–Crippen MR) is 87.7 cm³/mol. The second-order valence-electron chi connectivity index (χ2n) is 4.85. The van der Waals surface area contributed by atoms with Gasteiger partial charge in [0.2, 0.25) is 0 Å². The van der Waals surface area contributed by atoms with Gasteiger partial charge >= 0.3 is 0 Å². The van der Waals surface area contributed by atoms with Gasteiger partial charge in [-0.25, -0.2) is 0 Å². The average molecular weight is 329 g/mol. The molecule has 0 radical (unpaired) electrons. The molecule has 118 valence electrons. The van der Waals surface area contributed by atoms with Crippen molar-refractivity contribution in [2.75, 3.05) is 12.8 Å². The van der Waals surface area contributed by atoms with Crippen molar-refractivity contribution < 1.29 is 13.2 Å². The number of nitrogens with two attached hydrogens (primary N) is 1. The van der Waals surface area contributed by atoms with E-state index >= 15 is 0 Å². The van der Waals surface area contributed by atoms with Gasteiger partial charge in [0.25, 0.3) is 10.0 Å². The fourth-order valence-electron chi connectivity index (χ4n) is 2.19. The first kappa shape index (κ1) is 15.1. The molecule has 3 rings (SSSR count). The molecule has 0 saturated carbocycles. The molecule has 0 bridgehead atoms. The normalized spacial score (nSPS) is 11.3. The number of hydrogen-bond acceptors (Lipinski definition) is 5. The van der Waals surface area contributed by atoms with Gasteiger partial charge in [-0.15, -0.1) is 4.09 Å². The highest BCUT2D eigenvalue weighted by Gasteiger charge is 2.21. The minimum atomic E-state index is -3.82. The van der Waals surface area contributed by atoms with Gasteiger partial charge in [-0.2, -0.15) is 13.5 Å². The standard InChI is InChI=1S/C16H15N3O3S/c1-22-13-7-5-6-12(10-13)15-11-16(17)19(18-15)23(20,21)14-8-3-2-4-9-14/h2-11H,17H2,1H3. The molecule has 0 unspecified atom stereocenters. The second kappa shape index (κ2) is 5.77. The van der Waals surface area contributed by atoms with Crippen LogP contribution in [0.4, 0.5) is 5.82 Å². The largest absolute Gasteiger partial charge is 0.497 e. The lowest BCUT2D eigenvalue weighted by atomic mass is 10.1. The molecule has 23 heavy (non-hydrogen) atoms. The highest BCUT2D eigenvalue weighted by molar-refractivity contribution is 7.90. The Morgan fingerprint density at radius 3 is 2.48 bits per heavy atom. The summed E-state index contributed by atoms with van der Waals surface area (Å²) < 4.78 is 31.2. The van der Waals surface area contributed by atoms with E-state index in [2.05, 4.69) is 5.10 Å². The molecule has 2 aromatic carbocycles. The van der Waals surface area contributed by atoms with Crippen LogP contribution in [0.3, 0.4) is 0 Å². The van der Waals surface area contributed by atoms with Crippen LogP contribution in [-0.4, -0.2) is 24.7 Å². The zero-order valence-corrected chi connectivity index (χ0v) is 13.2. The van der Waals surface area contributed by atoms with Crippen molar-refractivity contribution in [3.05, 3.63) is 60.7 Å². The lowest BCUT2D eigenvalue weighted by Crippen LogP contribution is -2.16. The molecule has 0 amide bonds. The molecule has 0 fully saturated rings. The van der Waals surface area contributed by atoms with Gasteiger partial charge in [0.15, 0.2) is 0 Å². The Morgan fingerprint density at radius 2 is 1.78 bits per heavy atom. The van der Waals surface area contributed by atoms with Gasteiger partial charge in [0.05, 0.1) is 17.7 Å². The van der Waals surface area contributed by atoms with Gasteiger partial charge in [0.1, 0.15) is 11.6 Å². The Hall–Kier alpha value is -2.80. The van der Waals surface area contributed by atoms with Crippen molar-refractivity contribution in [2.45, 2.75) is 4.90 Å². The van der Waals surface area contributed by atoms with E-state index in [0.717, 1.165) is 9.65 Å². The number of anilines is 1. The van der Waals surface area contributed by atoms with E-state index in [-0.39, 0.29) is 10.7 Å². The molecule has 0 aliphatic carbocycles. The van der Waals surface area contributed by atoms with Crippen LogP contribution in [0.5, 0.6) is 5.75 Å². The number of ether oxygens (including phenoxy) is 1. The number of aromatic nitrogens is 2. The van der Waals surface area contributed by atoms with E-state index in [4.69, 9.17) is 10.5 Å². The fraction of sp³-hybridized carbons (Fsp3) is 0.0625. The van der Waals surface area contributed by atoms with Crippen molar-refractivity contribution in [3.8, 4) is 17.0 Å². The predicted octanol–water partition coefficient (Wildman–Crippen LogP) is 2.38. The minimum Gasteiger partial charge on any atom is -0.497 e. The third-order valence-corrected chi connectivity index (χ3v) is 4.95. The fourth-order valence-corrected chi connectivity index (χ4v) is 3.41. The topological polar surface area (TPSA) is 87.2 Å². The first-order chi connectivity index (χ1) is 11.0. The van der Waals surface area contributed by atoms with Crippen LogP contribution in [0.15, 0.2) is 65.6 Å². The van der Waals surface area contributed by atoms with E-state index < -0.39 is 10.0 Å². The van der Waals surface area contributed by atoms with E-state index in [1.54, 1.807) is 43.5 Å². The summed E-state index contributed by atoms with van der Waals surface area (Å²) in [6.45, 7) is 0. The highest BCUT2D eigenvalue weighted by atomic mass is 32.2. The highest BCUT2D eigenvalue weighted by Crippen LogP contribution is 2.26. The molecular formula is C16H15N3O3S. The lowest BCUT2D eigenvalue weighted by Gasteiger charge is -2.05. The number of benzene rings is 2. The molecule has 0 aliphatic heterocycles. The summed E-state index contributed by atoms with van der Waals surface area (Å²) in [5.41, 5.74) is 7.04.